The maximum absolute atomic E-state index is 7.78. The maximum Gasteiger partial charge on any atom is 0.124 e. The Hall–Kier alpha value is -1.55. The quantitative estimate of drug-likeness (QED) is 0.648. The number of nitrogen functional groups attached to an aromatic ring is 1. The fourth-order valence-electron chi connectivity index (χ4n) is 2.59. The summed E-state index contributed by atoms with van der Waals surface area (Å²) in [6.45, 7) is 7.86. The number of amidine groups is 1. The number of anilines is 1. The molecule has 0 saturated carbocycles. The summed E-state index contributed by atoms with van der Waals surface area (Å²) >= 11 is 0. The Labute approximate surface area is 115 Å². The molecule has 0 bridgehead atoms. The molecule has 104 valence electrons. The summed E-state index contributed by atoms with van der Waals surface area (Å²) in [5.41, 5.74) is 8.75. The predicted molar refractivity (Wildman–Crippen MR) is 79.0 cm³/mol. The number of hydrogen-bond donors (Lipinski definition) is 2. The number of hydrogen-bond acceptors (Lipinski definition) is 3. The minimum atomic E-state index is 0.132. The van der Waals surface area contributed by atoms with Gasteiger partial charge in [0.15, 0.2) is 0 Å². The molecule has 0 spiro atoms. The number of nitrogens with zero attached hydrogens (tertiary/aromatic N) is 1. The Balaban J connectivity index is 2.40. The standard InChI is InChI=1S/C15H23N3O/c1-4-12-9-19-11(3)8-18(12)14-6-5-10(2)7-13(14)15(16)17/h5-7,11-12H,4,8-9H2,1-3H3,(H3,16,17). The van der Waals surface area contributed by atoms with E-state index in [9.17, 15) is 0 Å². The molecule has 0 amide bonds. The summed E-state index contributed by atoms with van der Waals surface area (Å²) in [6, 6.07) is 6.50. The molecule has 0 aliphatic carbocycles. The van der Waals surface area contributed by atoms with Gasteiger partial charge in [-0.25, -0.2) is 0 Å². The molecule has 2 unspecified atom stereocenters. The highest BCUT2D eigenvalue weighted by Gasteiger charge is 2.27. The van der Waals surface area contributed by atoms with Crippen molar-refractivity contribution >= 4 is 11.5 Å². The van der Waals surface area contributed by atoms with Crippen LogP contribution in [0.15, 0.2) is 18.2 Å². The normalized spacial score (nSPS) is 23.4. The van der Waals surface area contributed by atoms with Gasteiger partial charge in [0.1, 0.15) is 5.84 Å². The van der Waals surface area contributed by atoms with Crippen molar-refractivity contribution in [3.63, 3.8) is 0 Å². The van der Waals surface area contributed by atoms with Crippen LogP contribution in [-0.4, -0.2) is 31.1 Å². The number of nitrogens with two attached hydrogens (primary N) is 1. The van der Waals surface area contributed by atoms with Gasteiger partial charge in [0.2, 0.25) is 0 Å². The number of rotatable bonds is 3. The van der Waals surface area contributed by atoms with Crippen molar-refractivity contribution in [2.75, 3.05) is 18.1 Å². The number of benzene rings is 1. The van der Waals surface area contributed by atoms with Crippen LogP contribution in [0.1, 0.15) is 31.4 Å². The van der Waals surface area contributed by atoms with Crippen molar-refractivity contribution in [1.29, 1.82) is 5.41 Å². The highest BCUT2D eigenvalue weighted by molar-refractivity contribution is 6.00. The first-order chi connectivity index (χ1) is 9.02. The zero-order chi connectivity index (χ0) is 14.0. The first-order valence-electron chi connectivity index (χ1n) is 6.86. The smallest absolute Gasteiger partial charge is 0.124 e. The fourth-order valence-corrected chi connectivity index (χ4v) is 2.59. The number of aryl methyl sites for hydroxylation is 1. The molecular weight excluding hydrogens is 238 g/mol. The van der Waals surface area contributed by atoms with Gasteiger partial charge in [-0.2, -0.15) is 0 Å². The van der Waals surface area contributed by atoms with Gasteiger partial charge in [0.25, 0.3) is 0 Å². The minimum Gasteiger partial charge on any atom is -0.384 e. The minimum absolute atomic E-state index is 0.132. The van der Waals surface area contributed by atoms with Crippen molar-refractivity contribution < 1.29 is 4.74 Å². The van der Waals surface area contributed by atoms with Gasteiger partial charge in [0.05, 0.1) is 18.8 Å². The van der Waals surface area contributed by atoms with Crippen LogP contribution in [0.3, 0.4) is 0 Å². The van der Waals surface area contributed by atoms with Crippen molar-refractivity contribution in [3.05, 3.63) is 29.3 Å². The first-order valence-corrected chi connectivity index (χ1v) is 6.86. The van der Waals surface area contributed by atoms with Crippen LogP contribution in [0.4, 0.5) is 5.69 Å². The second-order valence-corrected chi connectivity index (χ2v) is 5.29. The van der Waals surface area contributed by atoms with E-state index in [4.69, 9.17) is 15.9 Å². The molecule has 4 heteroatoms. The Kier molecular flexibility index (Phi) is 4.10. The van der Waals surface area contributed by atoms with Crippen molar-refractivity contribution in [1.82, 2.24) is 0 Å². The lowest BCUT2D eigenvalue weighted by Gasteiger charge is -2.40. The highest BCUT2D eigenvalue weighted by atomic mass is 16.5. The molecule has 19 heavy (non-hydrogen) atoms. The van der Waals surface area contributed by atoms with Crippen LogP contribution in [-0.2, 0) is 4.74 Å². The average molecular weight is 261 g/mol. The molecule has 1 aliphatic rings. The summed E-state index contributed by atoms with van der Waals surface area (Å²) in [6.07, 6.45) is 1.24. The first kappa shape index (κ1) is 13.9. The third-order valence-electron chi connectivity index (χ3n) is 3.69. The van der Waals surface area contributed by atoms with Crippen LogP contribution < -0.4 is 10.6 Å². The lowest BCUT2D eigenvalue weighted by Crippen LogP contribution is -2.49. The van der Waals surface area contributed by atoms with Crippen LogP contribution in [0.25, 0.3) is 0 Å². The zero-order valence-electron chi connectivity index (χ0n) is 11.9. The van der Waals surface area contributed by atoms with Crippen LogP contribution in [0.2, 0.25) is 0 Å². The molecule has 2 atom stereocenters. The van der Waals surface area contributed by atoms with E-state index in [1.807, 2.05) is 13.0 Å². The number of morpholine rings is 1. The second-order valence-electron chi connectivity index (χ2n) is 5.29. The monoisotopic (exact) mass is 261 g/mol. The Morgan fingerprint density at radius 2 is 2.26 bits per heavy atom. The lowest BCUT2D eigenvalue weighted by atomic mass is 10.0. The van der Waals surface area contributed by atoms with E-state index in [0.717, 1.165) is 36.4 Å². The third-order valence-corrected chi connectivity index (χ3v) is 3.69. The molecule has 0 aromatic heterocycles. The van der Waals surface area contributed by atoms with Gasteiger partial charge in [0, 0.05) is 17.8 Å². The number of ether oxygens (including phenoxy) is 1. The molecule has 1 aliphatic heterocycles. The van der Waals surface area contributed by atoms with Crippen LogP contribution >= 0.6 is 0 Å². The maximum atomic E-state index is 7.78. The van der Waals surface area contributed by atoms with Gasteiger partial charge in [-0.3, -0.25) is 5.41 Å². The summed E-state index contributed by atoms with van der Waals surface area (Å²) in [5.74, 6) is 0.132. The Morgan fingerprint density at radius 1 is 1.53 bits per heavy atom. The number of nitrogens with one attached hydrogen (secondary N) is 1. The third kappa shape index (κ3) is 2.89. The van der Waals surface area contributed by atoms with E-state index in [1.54, 1.807) is 0 Å². The van der Waals surface area contributed by atoms with E-state index in [-0.39, 0.29) is 11.9 Å². The van der Waals surface area contributed by atoms with Gasteiger partial charge >= 0.3 is 0 Å². The largest absolute Gasteiger partial charge is 0.384 e. The van der Waals surface area contributed by atoms with Gasteiger partial charge < -0.3 is 15.4 Å². The summed E-state index contributed by atoms with van der Waals surface area (Å²) in [7, 11) is 0. The summed E-state index contributed by atoms with van der Waals surface area (Å²) in [4.78, 5) is 2.34. The molecule has 1 aromatic rings. The van der Waals surface area contributed by atoms with E-state index in [2.05, 4.69) is 30.9 Å². The van der Waals surface area contributed by atoms with Gasteiger partial charge in [-0.1, -0.05) is 18.6 Å². The molecule has 2 rings (SSSR count). The van der Waals surface area contributed by atoms with E-state index in [0.29, 0.717) is 6.04 Å². The Morgan fingerprint density at radius 3 is 2.89 bits per heavy atom. The van der Waals surface area contributed by atoms with Crippen LogP contribution in [0, 0.1) is 12.3 Å². The molecule has 1 fully saturated rings. The molecule has 3 N–H and O–H groups in total. The summed E-state index contributed by atoms with van der Waals surface area (Å²) in [5, 5.41) is 7.78. The molecule has 4 nitrogen and oxygen atoms in total. The molecular formula is C15H23N3O. The molecule has 1 saturated heterocycles. The van der Waals surface area contributed by atoms with E-state index >= 15 is 0 Å². The molecule has 1 aromatic carbocycles. The Bertz CT molecular complexity index is 472. The van der Waals surface area contributed by atoms with Crippen LogP contribution in [0.5, 0.6) is 0 Å². The fraction of sp³-hybridized carbons (Fsp3) is 0.533. The lowest BCUT2D eigenvalue weighted by molar-refractivity contribution is 0.0299. The zero-order valence-corrected chi connectivity index (χ0v) is 11.9. The van der Waals surface area contributed by atoms with Crippen molar-refractivity contribution in [2.45, 2.75) is 39.3 Å². The highest BCUT2D eigenvalue weighted by Crippen LogP contribution is 2.27. The van der Waals surface area contributed by atoms with Crippen molar-refractivity contribution in [3.8, 4) is 0 Å². The van der Waals surface area contributed by atoms with Crippen molar-refractivity contribution in [2.24, 2.45) is 5.73 Å². The van der Waals surface area contributed by atoms with Gasteiger partial charge in [-0.15, -0.1) is 0 Å². The molecule has 1 heterocycles. The van der Waals surface area contributed by atoms with E-state index < -0.39 is 0 Å². The second kappa shape index (κ2) is 5.61. The molecule has 0 radical (unpaired) electrons. The predicted octanol–water partition coefficient (Wildman–Crippen LogP) is 2.28. The topological polar surface area (TPSA) is 62.3 Å². The SMILES string of the molecule is CCC1COC(C)CN1c1ccc(C)cc1C(=N)N. The summed E-state index contributed by atoms with van der Waals surface area (Å²) < 4.78 is 5.73. The van der Waals surface area contributed by atoms with E-state index in [1.165, 1.54) is 0 Å². The average Bonchev–Trinajstić information content (AvgIpc) is 2.38. The van der Waals surface area contributed by atoms with Gasteiger partial charge in [-0.05, 0) is 32.4 Å².